The number of carbonyl (C=O) groups is 1. The van der Waals surface area contributed by atoms with E-state index in [1.54, 1.807) is 0 Å². The molecule has 0 aromatic rings. The van der Waals surface area contributed by atoms with Gasteiger partial charge in [0.15, 0.2) is 6.29 Å². The van der Waals surface area contributed by atoms with Crippen molar-refractivity contribution in [1.29, 1.82) is 0 Å². The lowest BCUT2D eigenvalue weighted by molar-refractivity contribution is -0.300. The molecule has 0 bridgehead atoms. The van der Waals surface area contributed by atoms with E-state index in [0.29, 0.717) is 6.42 Å². The number of carbonyl (C=O) groups excluding carboxylic acids is 1. The summed E-state index contributed by atoms with van der Waals surface area (Å²) in [5, 5.41) is 41.1. The van der Waals surface area contributed by atoms with Gasteiger partial charge in [-0.25, -0.2) is 0 Å². The van der Waals surface area contributed by atoms with E-state index in [0.717, 1.165) is 12.8 Å². The number of rotatable bonds is 15. The number of hydrogen-bond acceptors (Lipinski definition) is 7. The number of hydrogen-bond donors (Lipinski definition) is 5. The van der Waals surface area contributed by atoms with Crippen molar-refractivity contribution in [2.45, 2.75) is 102 Å². The van der Waals surface area contributed by atoms with Crippen LogP contribution in [0.4, 0.5) is 0 Å². The lowest BCUT2D eigenvalue weighted by Crippen LogP contribution is -2.59. The largest absolute Gasteiger partial charge is 0.394 e. The fraction of sp³-hybridized carbons (Fsp3) is 0.950. The monoisotopic (exact) mass is 405 g/mol. The fourth-order valence-corrected chi connectivity index (χ4v) is 3.26. The van der Waals surface area contributed by atoms with Crippen molar-refractivity contribution < 1.29 is 34.7 Å². The molecule has 1 aliphatic heterocycles. The Bertz CT molecular complexity index is 408. The molecule has 0 spiro atoms. The van der Waals surface area contributed by atoms with Gasteiger partial charge in [0.2, 0.25) is 5.91 Å². The van der Waals surface area contributed by atoms with Crippen molar-refractivity contribution in [1.82, 2.24) is 5.32 Å². The predicted octanol–water partition coefficient (Wildman–Crippen LogP) is 0.840. The second kappa shape index (κ2) is 15.1. The summed E-state index contributed by atoms with van der Waals surface area (Å²) in [6, 6.07) is 0. The first-order chi connectivity index (χ1) is 13.5. The lowest BCUT2D eigenvalue weighted by atomic mass is 9.99. The van der Waals surface area contributed by atoms with Crippen LogP contribution in [-0.4, -0.2) is 76.8 Å². The number of aliphatic hydroxyl groups excluding tert-OH is 4. The van der Waals surface area contributed by atoms with Gasteiger partial charge in [0.1, 0.15) is 24.4 Å². The summed E-state index contributed by atoms with van der Waals surface area (Å²) in [7, 11) is 0. The van der Waals surface area contributed by atoms with Crippen LogP contribution < -0.4 is 5.32 Å². The van der Waals surface area contributed by atoms with E-state index in [4.69, 9.17) is 14.6 Å². The van der Waals surface area contributed by atoms with E-state index in [1.807, 2.05) is 0 Å². The summed E-state index contributed by atoms with van der Waals surface area (Å²) in [5.41, 5.74) is 0. The van der Waals surface area contributed by atoms with Crippen molar-refractivity contribution in [2.75, 3.05) is 19.8 Å². The second-order valence-electron chi connectivity index (χ2n) is 7.50. The molecule has 1 rings (SSSR count). The van der Waals surface area contributed by atoms with E-state index >= 15 is 0 Å². The van der Waals surface area contributed by atoms with E-state index in [1.165, 1.54) is 44.9 Å². The van der Waals surface area contributed by atoms with Gasteiger partial charge >= 0.3 is 0 Å². The first-order valence-electron chi connectivity index (χ1n) is 10.7. The number of nitrogens with one attached hydrogen (secondary N) is 1. The summed E-state index contributed by atoms with van der Waals surface area (Å²) in [6.45, 7) is 2.06. The molecule has 1 amide bonds. The summed E-state index contributed by atoms with van der Waals surface area (Å²) < 4.78 is 10.6. The number of unbranched alkanes of at least 4 members (excludes halogenated alkanes) is 8. The molecule has 0 aliphatic carbocycles. The topological polar surface area (TPSA) is 128 Å². The van der Waals surface area contributed by atoms with Crippen LogP contribution in [0.5, 0.6) is 0 Å². The van der Waals surface area contributed by atoms with Gasteiger partial charge in [-0.3, -0.25) is 4.79 Å². The number of aliphatic hydroxyl groups is 4. The molecule has 0 saturated carbocycles. The Labute approximate surface area is 168 Å². The Balaban J connectivity index is 2.03. The minimum absolute atomic E-state index is 0.0413. The van der Waals surface area contributed by atoms with Crippen LogP contribution in [0.15, 0.2) is 0 Å². The van der Waals surface area contributed by atoms with Crippen LogP contribution in [0, 0.1) is 0 Å². The molecule has 5 N–H and O–H groups in total. The third kappa shape index (κ3) is 9.62. The van der Waals surface area contributed by atoms with Crippen molar-refractivity contribution in [3.8, 4) is 0 Å². The van der Waals surface area contributed by atoms with Crippen LogP contribution in [0.25, 0.3) is 0 Å². The van der Waals surface area contributed by atoms with Crippen LogP contribution >= 0.6 is 0 Å². The van der Waals surface area contributed by atoms with Crippen molar-refractivity contribution >= 4 is 5.91 Å². The predicted molar refractivity (Wildman–Crippen MR) is 105 cm³/mol. The van der Waals surface area contributed by atoms with Gasteiger partial charge in [-0.05, 0) is 6.42 Å². The van der Waals surface area contributed by atoms with Crippen molar-refractivity contribution in [3.63, 3.8) is 0 Å². The average Bonchev–Trinajstić information content (AvgIpc) is 2.69. The standard InChI is InChI=1S/C20H39NO7/c1-2-3-4-5-6-7-8-9-10-11-16(23)21-12-13-27-20-19(26)18(25)17(24)15(14-22)28-20/h15,17-20,22,24-26H,2-14H2,1H3,(H,21,23)/t15-,17-,18+,19-,20-/m1/s1. The molecule has 0 aromatic carbocycles. The Hall–Kier alpha value is -0.770. The fourth-order valence-electron chi connectivity index (χ4n) is 3.26. The highest BCUT2D eigenvalue weighted by Crippen LogP contribution is 2.21. The maximum absolute atomic E-state index is 11.8. The zero-order chi connectivity index (χ0) is 20.8. The van der Waals surface area contributed by atoms with Gasteiger partial charge in [0.25, 0.3) is 0 Å². The van der Waals surface area contributed by atoms with Gasteiger partial charge in [-0.15, -0.1) is 0 Å². The Morgan fingerprint density at radius 1 is 0.929 bits per heavy atom. The van der Waals surface area contributed by atoms with Crippen molar-refractivity contribution in [2.24, 2.45) is 0 Å². The summed E-state index contributed by atoms with van der Waals surface area (Å²) in [4.78, 5) is 11.8. The van der Waals surface area contributed by atoms with Crippen LogP contribution in [0.1, 0.15) is 71.1 Å². The van der Waals surface area contributed by atoms with Crippen LogP contribution in [0.3, 0.4) is 0 Å². The molecular formula is C20H39NO7. The van der Waals surface area contributed by atoms with Crippen LogP contribution in [0.2, 0.25) is 0 Å². The zero-order valence-electron chi connectivity index (χ0n) is 17.1. The molecule has 1 aliphatic rings. The molecule has 1 fully saturated rings. The van der Waals surface area contributed by atoms with Gasteiger partial charge in [0.05, 0.1) is 13.2 Å². The third-order valence-corrected chi connectivity index (χ3v) is 5.06. The highest BCUT2D eigenvalue weighted by molar-refractivity contribution is 5.75. The summed E-state index contributed by atoms with van der Waals surface area (Å²) in [6.07, 6.45) is 4.86. The quantitative estimate of drug-likeness (QED) is 0.255. The molecule has 166 valence electrons. The highest BCUT2D eigenvalue weighted by Gasteiger charge is 2.43. The van der Waals surface area contributed by atoms with Gasteiger partial charge < -0.3 is 35.2 Å². The van der Waals surface area contributed by atoms with Gasteiger partial charge in [0, 0.05) is 13.0 Å². The van der Waals surface area contributed by atoms with Crippen molar-refractivity contribution in [3.05, 3.63) is 0 Å². The van der Waals surface area contributed by atoms with E-state index < -0.39 is 37.3 Å². The third-order valence-electron chi connectivity index (χ3n) is 5.06. The van der Waals surface area contributed by atoms with Crippen LogP contribution in [-0.2, 0) is 14.3 Å². The number of ether oxygens (including phenoxy) is 2. The number of amides is 1. The molecule has 1 heterocycles. The maximum atomic E-state index is 11.8. The molecule has 1 saturated heterocycles. The van der Waals surface area contributed by atoms with E-state index in [-0.39, 0.29) is 19.1 Å². The molecular weight excluding hydrogens is 366 g/mol. The van der Waals surface area contributed by atoms with Gasteiger partial charge in [-0.2, -0.15) is 0 Å². The minimum atomic E-state index is -1.46. The molecule has 5 atom stereocenters. The zero-order valence-corrected chi connectivity index (χ0v) is 17.1. The highest BCUT2D eigenvalue weighted by atomic mass is 16.7. The maximum Gasteiger partial charge on any atom is 0.220 e. The molecule has 8 nitrogen and oxygen atoms in total. The minimum Gasteiger partial charge on any atom is -0.394 e. The lowest BCUT2D eigenvalue weighted by Gasteiger charge is -2.39. The molecule has 8 heteroatoms. The van der Waals surface area contributed by atoms with Gasteiger partial charge in [-0.1, -0.05) is 58.3 Å². The van der Waals surface area contributed by atoms with E-state index in [9.17, 15) is 20.1 Å². The Morgan fingerprint density at radius 3 is 2.14 bits per heavy atom. The molecule has 28 heavy (non-hydrogen) atoms. The van der Waals surface area contributed by atoms with E-state index in [2.05, 4.69) is 12.2 Å². The summed E-state index contributed by atoms with van der Waals surface area (Å²) in [5.74, 6) is -0.0413. The SMILES string of the molecule is CCCCCCCCCCCC(=O)NCCO[C@@H]1O[C@H](CO)[C@@H](O)[C@H](O)[C@H]1O. The molecule has 0 radical (unpaired) electrons. The molecule has 0 unspecified atom stereocenters. The smallest absolute Gasteiger partial charge is 0.220 e. The first-order valence-corrected chi connectivity index (χ1v) is 10.7. The second-order valence-corrected chi connectivity index (χ2v) is 7.50. The Kier molecular flexibility index (Phi) is 13.6. The average molecular weight is 406 g/mol. The normalized spacial score (nSPS) is 27.7. The molecule has 0 aromatic heterocycles. The first kappa shape index (κ1) is 25.3. The Morgan fingerprint density at radius 2 is 1.54 bits per heavy atom. The summed E-state index contributed by atoms with van der Waals surface area (Å²) >= 11 is 0.